The minimum Gasteiger partial charge on any atom is -0.332 e. The molecule has 0 bridgehead atoms. The Hall–Kier alpha value is -0.210. The van der Waals surface area contributed by atoms with Crippen molar-refractivity contribution in [1.29, 1.82) is 0 Å². The zero-order chi connectivity index (χ0) is 10.3. The number of nitrogens with two attached hydrogens (primary N) is 1. The Morgan fingerprint density at radius 2 is 2.15 bits per heavy atom. The topological polar surface area (TPSA) is 75.4 Å². The molecule has 5 nitrogen and oxygen atoms in total. The normalized spacial score (nSPS) is 9.77. The molecule has 0 aromatic rings. The molecule has 1 amide bonds. The number of likely N-dealkylation sites (N-methyl/N-ethyl adjacent to an activating group) is 1. The molecule has 0 saturated heterocycles. The highest BCUT2D eigenvalue weighted by Gasteiger charge is 2.13. The first-order valence-corrected chi connectivity index (χ1v) is 5.00. The van der Waals surface area contributed by atoms with Gasteiger partial charge in [0.25, 0.3) is 0 Å². The fourth-order valence-corrected chi connectivity index (χ4v) is 1.23. The third-order valence-electron chi connectivity index (χ3n) is 1.47. The summed E-state index contributed by atoms with van der Waals surface area (Å²) in [5.41, 5.74) is 5.20. The lowest BCUT2D eigenvalue weighted by atomic mass is 10.4. The number of carbonyl (C=O) groups excluding carboxylic acids is 2. The summed E-state index contributed by atoms with van der Waals surface area (Å²) < 4.78 is -0.0597. The van der Waals surface area contributed by atoms with E-state index in [0.717, 1.165) is 0 Å². The van der Waals surface area contributed by atoms with E-state index in [1.54, 1.807) is 29.6 Å². The Morgan fingerprint density at radius 3 is 2.54 bits per heavy atom. The average Bonchev–Trinajstić information content (AvgIpc) is 2.10. The van der Waals surface area contributed by atoms with Gasteiger partial charge in [0.1, 0.15) is 0 Å². The minimum atomic E-state index is -0.194. The van der Waals surface area contributed by atoms with Crippen LogP contribution in [0.2, 0.25) is 0 Å². The van der Waals surface area contributed by atoms with Gasteiger partial charge in [0.15, 0.2) is 0 Å². The number of carbonyl (C=O) groups is 2. The first kappa shape index (κ1) is 12.8. The Kier molecular flexibility index (Phi) is 7.10. The molecule has 0 aliphatic rings. The van der Waals surface area contributed by atoms with Crippen LogP contribution in [-0.4, -0.2) is 47.8 Å². The fourth-order valence-electron chi connectivity index (χ4n) is 0.818. The van der Waals surface area contributed by atoms with E-state index < -0.39 is 0 Å². The summed E-state index contributed by atoms with van der Waals surface area (Å²) in [4.78, 5) is 23.4. The van der Waals surface area contributed by atoms with E-state index in [1.165, 1.54) is 4.90 Å². The first-order valence-electron chi connectivity index (χ1n) is 3.92. The van der Waals surface area contributed by atoms with Crippen LogP contribution in [0.5, 0.6) is 0 Å². The van der Waals surface area contributed by atoms with Gasteiger partial charge in [-0.2, -0.15) is 0 Å². The molecule has 0 aliphatic carbocycles. The second-order valence-corrected chi connectivity index (χ2v) is 3.68. The van der Waals surface area contributed by atoms with Gasteiger partial charge < -0.3 is 16.0 Å². The fraction of sp³-hybridized carbons (Fsp3) is 0.714. The molecule has 0 fully saturated rings. The van der Waals surface area contributed by atoms with E-state index in [0.29, 0.717) is 13.1 Å². The molecule has 0 aliphatic heterocycles. The highest BCUT2D eigenvalue weighted by Crippen LogP contribution is 1.93. The van der Waals surface area contributed by atoms with Crippen molar-refractivity contribution in [3.05, 3.63) is 0 Å². The van der Waals surface area contributed by atoms with Crippen LogP contribution in [0, 0.1) is 0 Å². The van der Waals surface area contributed by atoms with Crippen LogP contribution in [0.3, 0.4) is 0 Å². The summed E-state index contributed by atoms with van der Waals surface area (Å²) >= 11 is 1.67. The zero-order valence-corrected chi connectivity index (χ0v) is 9.70. The largest absolute Gasteiger partial charge is 0.332 e. The number of halogens is 1. The summed E-state index contributed by atoms with van der Waals surface area (Å²) in [6, 6.07) is 0. The maximum absolute atomic E-state index is 11.2. The Bertz CT molecular complexity index is 187. The second-order valence-electron chi connectivity index (χ2n) is 2.48. The van der Waals surface area contributed by atoms with Gasteiger partial charge in [0.05, 0.1) is 13.1 Å². The van der Waals surface area contributed by atoms with Gasteiger partial charge in [-0.15, -0.1) is 0 Å². The SMILES string of the molecule is CNCCN(CC(=O)I)C(=O)CN. The van der Waals surface area contributed by atoms with Crippen LogP contribution >= 0.6 is 22.6 Å². The summed E-state index contributed by atoms with van der Waals surface area (Å²) in [6.45, 7) is 1.27. The lowest BCUT2D eigenvalue weighted by Gasteiger charge is -2.19. The number of nitrogens with zero attached hydrogens (tertiary/aromatic N) is 1. The van der Waals surface area contributed by atoms with Crippen molar-refractivity contribution in [2.75, 3.05) is 33.2 Å². The molecule has 0 saturated carbocycles. The maximum Gasteiger partial charge on any atom is 0.236 e. The van der Waals surface area contributed by atoms with E-state index in [2.05, 4.69) is 5.32 Å². The highest BCUT2D eigenvalue weighted by atomic mass is 127. The number of nitrogens with one attached hydrogen (secondary N) is 1. The van der Waals surface area contributed by atoms with Crippen LogP contribution in [0.25, 0.3) is 0 Å². The predicted molar refractivity (Wildman–Crippen MR) is 58.6 cm³/mol. The van der Waals surface area contributed by atoms with E-state index >= 15 is 0 Å². The molecule has 0 aromatic heterocycles. The smallest absolute Gasteiger partial charge is 0.236 e. The van der Waals surface area contributed by atoms with Crippen molar-refractivity contribution in [3.63, 3.8) is 0 Å². The third-order valence-corrected chi connectivity index (χ3v) is 1.82. The first-order chi connectivity index (χ1) is 6.11. The third kappa shape index (κ3) is 5.94. The molecular formula is C7H14IN3O2. The quantitative estimate of drug-likeness (QED) is 0.485. The number of hydrogen-bond acceptors (Lipinski definition) is 4. The van der Waals surface area contributed by atoms with Gasteiger partial charge in [-0.1, -0.05) is 0 Å². The molecule has 76 valence electrons. The Balaban J connectivity index is 4.02. The second kappa shape index (κ2) is 7.22. The molecule has 0 spiro atoms. The van der Waals surface area contributed by atoms with E-state index in [-0.39, 0.29) is 22.8 Å². The molecule has 0 rings (SSSR count). The van der Waals surface area contributed by atoms with E-state index in [4.69, 9.17) is 5.73 Å². The van der Waals surface area contributed by atoms with Crippen molar-refractivity contribution in [1.82, 2.24) is 10.2 Å². The maximum atomic E-state index is 11.2. The van der Waals surface area contributed by atoms with Crippen molar-refractivity contribution >= 4 is 32.3 Å². The van der Waals surface area contributed by atoms with Crippen LogP contribution in [0.4, 0.5) is 0 Å². The van der Waals surface area contributed by atoms with Crippen molar-refractivity contribution < 1.29 is 9.59 Å². The van der Waals surface area contributed by atoms with Crippen molar-refractivity contribution in [2.45, 2.75) is 0 Å². The van der Waals surface area contributed by atoms with Crippen molar-refractivity contribution in [3.8, 4) is 0 Å². The number of amides is 1. The molecular weight excluding hydrogens is 285 g/mol. The molecule has 0 atom stereocenters. The van der Waals surface area contributed by atoms with Crippen LogP contribution in [0.1, 0.15) is 0 Å². The van der Waals surface area contributed by atoms with E-state index in [1.807, 2.05) is 0 Å². The monoisotopic (exact) mass is 299 g/mol. The minimum absolute atomic E-state index is 0.0480. The van der Waals surface area contributed by atoms with Crippen LogP contribution in [-0.2, 0) is 9.59 Å². The molecule has 0 radical (unpaired) electrons. The average molecular weight is 299 g/mol. The summed E-state index contributed by atoms with van der Waals surface area (Å²) in [5.74, 6) is -0.194. The lowest BCUT2D eigenvalue weighted by molar-refractivity contribution is -0.131. The standard InChI is InChI=1S/C7H14IN3O2/c1-10-2-3-11(5-6(8)12)7(13)4-9/h10H,2-5,9H2,1H3. The van der Waals surface area contributed by atoms with Gasteiger partial charge in [0.2, 0.25) is 9.70 Å². The molecule has 13 heavy (non-hydrogen) atoms. The molecule has 0 heterocycles. The lowest BCUT2D eigenvalue weighted by Crippen LogP contribution is -2.41. The van der Waals surface area contributed by atoms with Gasteiger partial charge in [-0.3, -0.25) is 9.59 Å². The highest BCUT2D eigenvalue weighted by molar-refractivity contribution is 14.1. The molecule has 0 unspecified atom stereocenters. The summed E-state index contributed by atoms with van der Waals surface area (Å²) in [7, 11) is 1.79. The van der Waals surface area contributed by atoms with Gasteiger partial charge >= 0.3 is 0 Å². The van der Waals surface area contributed by atoms with Gasteiger partial charge in [-0.25, -0.2) is 0 Å². The Morgan fingerprint density at radius 1 is 1.54 bits per heavy atom. The number of rotatable bonds is 6. The van der Waals surface area contributed by atoms with Crippen LogP contribution < -0.4 is 11.1 Å². The van der Waals surface area contributed by atoms with Gasteiger partial charge in [0, 0.05) is 35.7 Å². The zero-order valence-electron chi connectivity index (χ0n) is 7.55. The van der Waals surface area contributed by atoms with E-state index in [9.17, 15) is 9.59 Å². The Labute approximate surface area is 91.2 Å². The predicted octanol–water partition coefficient (Wildman–Crippen LogP) is -1.05. The summed E-state index contributed by atoms with van der Waals surface area (Å²) in [5, 5.41) is 2.90. The molecule has 3 N–H and O–H groups in total. The molecule has 6 heteroatoms. The van der Waals surface area contributed by atoms with Gasteiger partial charge in [-0.05, 0) is 7.05 Å². The molecule has 0 aromatic carbocycles. The van der Waals surface area contributed by atoms with Crippen molar-refractivity contribution in [2.24, 2.45) is 5.73 Å². The van der Waals surface area contributed by atoms with Crippen LogP contribution in [0.15, 0.2) is 0 Å². The number of hydrogen-bond donors (Lipinski definition) is 2. The summed E-state index contributed by atoms with van der Waals surface area (Å²) in [6.07, 6.45) is 0.